The summed E-state index contributed by atoms with van der Waals surface area (Å²) in [6, 6.07) is 13.1. The number of alkyl halides is 6. The molecule has 1 amide bonds. The van der Waals surface area contributed by atoms with Crippen molar-refractivity contribution in [3.05, 3.63) is 94.8 Å². The molecular weight excluding hydrogens is 589 g/mol. The Labute approximate surface area is 241 Å². The minimum Gasteiger partial charge on any atom is -0.387 e. The van der Waals surface area contributed by atoms with Gasteiger partial charge in [0.15, 0.2) is 0 Å². The fourth-order valence-corrected chi connectivity index (χ4v) is 5.35. The highest BCUT2D eigenvalue weighted by Crippen LogP contribution is 2.48. The molecule has 0 radical (unpaired) electrons. The molecule has 1 heterocycles. The van der Waals surface area contributed by atoms with Gasteiger partial charge in [0.2, 0.25) is 5.91 Å². The lowest BCUT2D eigenvalue weighted by atomic mass is 9.99. The summed E-state index contributed by atoms with van der Waals surface area (Å²) in [5, 5.41) is 13.2. The number of nitrogens with zero attached hydrogens (tertiary/aromatic N) is 1. The number of hydrogen-bond donors (Lipinski definition) is 2. The Balaban J connectivity index is 1.60. The van der Waals surface area contributed by atoms with Crippen LogP contribution in [0.25, 0.3) is 6.08 Å². The molecule has 1 aliphatic heterocycles. The zero-order valence-corrected chi connectivity index (χ0v) is 22.6. The van der Waals surface area contributed by atoms with E-state index >= 15 is 0 Å². The highest BCUT2D eigenvalue weighted by Gasteiger charge is 2.46. The number of amides is 1. The second-order valence-corrected chi connectivity index (χ2v) is 10.4. The van der Waals surface area contributed by atoms with Crippen molar-refractivity contribution in [3.8, 4) is 0 Å². The van der Waals surface area contributed by atoms with E-state index in [2.05, 4.69) is 5.32 Å². The van der Waals surface area contributed by atoms with E-state index in [9.17, 15) is 40.6 Å². The average Bonchev–Trinajstić information content (AvgIpc) is 2.94. The summed E-state index contributed by atoms with van der Waals surface area (Å²) in [6.07, 6.45) is -10.3. The summed E-state index contributed by atoms with van der Waals surface area (Å²) in [5.41, 5.74) is -3.86. The van der Waals surface area contributed by atoms with Gasteiger partial charge in [0.05, 0.1) is 30.4 Å². The van der Waals surface area contributed by atoms with Gasteiger partial charge in [-0.15, -0.1) is 0 Å². The SMILES string of the molecule is O=C(C=Cc1ccc(Sc2cccc(NCC(O)c3cccc(F)c3)c2)c(C(F)(F)F)c1C(F)(F)F)N1CCOCC1. The maximum atomic E-state index is 14.2. The van der Waals surface area contributed by atoms with Crippen LogP contribution < -0.4 is 5.32 Å². The van der Waals surface area contributed by atoms with Crippen molar-refractivity contribution in [1.29, 1.82) is 0 Å². The van der Waals surface area contributed by atoms with Crippen LogP contribution in [0, 0.1) is 5.82 Å². The molecule has 0 spiro atoms. The number of nitrogens with one attached hydrogen (secondary N) is 1. The first-order valence-corrected chi connectivity index (χ1v) is 13.5. The monoisotopic (exact) mass is 614 g/mol. The van der Waals surface area contributed by atoms with Crippen molar-refractivity contribution >= 4 is 29.4 Å². The Bertz CT molecular complexity index is 1440. The molecule has 4 rings (SSSR count). The molecule has 1 aliphatic rings. The molecule has 2 N–H and O–H groups in total. The Kier molecular flexibility index (Phi) is 9.85. The number of benzene rings is 3. The first kappa shape index (κ1) is 31.4. The van der Waals surface area contributed by atoms with Gasteiger partial charge in [0.25, 0.3) is 0 Å². The second kappa shape index (κ2) is 13.2. The average molecular weight is 615 g/mol. The quantitative estimate of drug-likeness (QED) is 0.211. The van der Waals surface area contributed by atoms with Crippen LogP contribution in [0.2, 0.25) is 0 Å². The van der Waals surface area contributed by atoms with Gasteiger partial charge in [-0.25, -0.2) is 4.39 Å². The van der Waals surface area contributed by atoms with Crippen LogP contribution in [-0.4, -0.2) is 48.8 Å². The van der Waals surface area contributed by atoms with Gasteiger partial charge in [-0.05, 0) is 53.6 Å². The minimum absolute atomic E-state index is 0.0617. The van der Waals surface area contributed by atoms with Gasteiger partial charge in [0.1, 0.15) is 5.82 Å². The normalized spacial score (nSPS) is 15.2. The second-order valence-electron chi connectivity index (χ2n) is 9.25. The molecule has 3 aromatic rings. The molecule has 1 fully saturated rings. The Hall–Kier alpha value is -3.55. The van der Waals surface area contributed by atoms with Crippen LogP contribution in [0.1, 0.15) is 28.4 Å². The minimum atomic E-state index is -5.38. The standard InChI is InChI=1S/C29H25F7N2O3S/c30-20-4-1-3-19(15-20)23(39)17-37-21-5-2-6-22(16-21)42-24-9-7-18(8-10-25(40)38-11-13-41-14-12-38)26(28(31,32)33)27(24)29(34,35)36/h1-10,15-16,23,37,39H,11-14,17H2. The zero-order valence-electron chi connectivity index (χ0n) is 21.8. The summed E-state index contributed by atoms with van der Waals surface area (Å²) in [7, 11) is 0. The predicted octanol–water partition coefficient (Wildman–Crippen LogP) is 7.03. The van der Waals surface area contributed by atoms with Crippen LogP contribution in [0.15, 0.2) is 76.5 Å². The largest absolute Gasteiger partial charge is 0.418 e. The molecule has 13 heteroatoms. The number of aliphatic hydroxyl groups is 1. The van der Waals surface area contributed by atoms with E-state index in [0.29, 0.717) is 23.0 Å². The number of carbonyl (C=O) groups excluding carboxylic acids is 1. The molecule has 1 atom stereocenters. The van der Waals surface area contributed by atoms with Crippen LogP contribution >= 0.6 is 11.8 Å². The van der Waals surface area contributed by atoms with Gasteiger partial charge in [-0.1, -0.05) is 36.0 Å². The number of carbonyl (C=O) groups is 1. The molecule has 42 heavy (non-hydrogen) atoms. The van der Waals surface area contributed by atoms with Crippen LogP contribution in [0.5, 0.6) is 0 Å². The topological polar surface area (TPSA) is 61.8 Å². The molecule has 3 aromatic carbocycles. The summed E-state index contributed by atoms with van der Waals surface area (Å²) in [5.74, 6) is -1.17. The highest BCUT2D eigenvalue weighted by molar-refractivity contribution is 7.99. The highest BCUT2D eigenvalue weighted by atomic mass is 32.2. The maximum Gasteiger partial charge on any atom is 0.418 e. The van der Waals surface area contributed by atoms with Gasteiger partial charge in [0, 0.05) is 41.2 Å². The van der Waals surface area contributed by atoms with Crippen molar-refractivity contribution in [2.75, 3.05) is 38.2 Å². The third-order valence-corrected chi connectivity index (χ3v) is 7.34. The molecule has 5 nitrogen and oxygen atoms in total. The number of rotatable bonds is 8. The number of anilines is 1. The van der Waals surface area contributed by atoms with Crippen LogP contribution in [-0.2, 0) is 21.9 Å². The third-order valence-electron chi connectivity index (χ3n) is 6.29. The lowest BCUT2D eigenvalue weighted by molar-refractivity contribution is -0.163. The molecule has 0 aliphatic carbocycles. The predicted molar refractivity (Wildman–Crippen MR) is 143 cm³/mol. The fraction of sp³-hybridized carbons (Fsp3) is 0.276. The van der Waals surface area contributed by atoms with E-state index in [4.69, 9.17) is 4.74 Å². The van der Waals surface area contributed by atoms with Crippen molar-refractivity contribution in [3.63, 3.8) is 0 Å². The summed E-state index contributed by atoms with van der Waals surface area (Å²) >= 11 is 0.489. The number of hydrogen-bond acceptors (Lipinski definition) is 5. The Morgan fingerprint density at radius 2 is 1.67 bits per heavy atom. The zero-order chi connectivity index (χ0) is 30.5. The van der Waals surface area contributed by atoms with E-state index in [1.54, 1.807) is 6.07 Å². The molecule has 0 bridgehead atoms. The van der Waals surface area contributed by atoms with Crippen LogP contribution in [0.4, 0.5) is 36.4 Å². The van der Waals surface area contributed by atoms with E-state index in [1.165, 1.54) is 41.3 Å². The van der Waals surface area contributed by atoms with Gasteiger partial charge in [-0.2, -0.15) is 26.3 Å². The summed E-state index contributed by atoms with van der Waals surface area (Å²) < 4.78 is 104. The smallest absolute Gasteiger partial charge is 0.387 e. The molecule has 1 saturated heterocycles. The number of morpholine rings is 1. The Morgan fingerprint density at radius 3 is 2.33 bits per heavy atom. The fourth-order valence-electron chi connectivity index (χ4n) is 4.30. The molecule has 224 valence electrons. The number of halogens is 7. The number of ether oxygens (including phenoxy) is 1. The first-order valence-electron chi connectivity index (χ1n) is 12.6. The van der Waals surface area contributed by atoms with Gasteiger partial charge in [-0.3, -0.25) is 4.79 Å². The Morgan fingerprint density at radius 1 is 0.976 bits per heavy atom. The van der Waals surface area contributed by atoms with Crippen molar-refractivity contribution in [1.82, 2.24) is 4.90 Å². The summed E-state index contributed by atoms with van der Waals surface area (Å²) in [4.78, 5) is 13.2. The van der Waals surface area contributed by atoms with Gasteiger partial charge >= 0.3 is 12.4 Å². The first-order chi connectivity index (χ1) is 19.8. The van der Waals surface area contributed by atoms with Crippen molar-refractivity contribution < 1.29 is 45.4 Å². The third kappa shape index (κ3) is 8.05. The summed E-state index contributed by atoms with van der Waals surface area (Å²) in [6.45, 7) is 0.879. The van der Waals surface area contributed by atoms with Crippen LogP contribution in [0.3, 0.4) is 0 Å². The van der Waals surface area contributed by atoms with E-state index in [-0.39, 0.29) is 37.7 Å². The lowest BCUT2D eigenvalue weighted by Crippen LogP contribution is -2.39. The van der Waals surface area contributed by atoms with Gasteiger partial charge < -0.3 is 20.1 Å². The molecular formula is C29H25F7N2O3S. The van der Waals surface area contributed by atoms with E-state index in [0.717, 1.165) is 30.4 Å². The van der Waals surface area contributed by atoms with E-state index in [1.807, 2.05) is 0 Å². The van der Waals surface area contributed by atoms with Crippen molar-refractivity contribution in [2.45, 2.75) is 28.2 Å². The van der Waals surface area contributed by atoms with E-state index < -0.39 is 51.8 Å². The number of aliphatic hydroxyl groups excluding tert-OH is 1. The molecule has 0 aromatic heterocycles. The lowest BCUT2D eigenvalue weighted by Gasteiger charge is -2.25. The van der Waals surface area contributed by atoms with Crippen molar-refractivity contribution in [2.24, 2.45) is 0 Å². The molecule has 0 saturated carbocycles. The maximum absolute atomic E-state index is 14.2. The molecule has 1 unspecified atom stereocenters.